The van der Waals surface area contributed by atoms with Gasteiger partial charge in [0.25, 0.3) is 10.0 Å². The van der Waals surface area contributed by atoms with E-state index in [1.165, 1.54) is 12.1 Å². The minimum Gasteiger partial charge on any atom is -0.423 e. The first-order valence-corrected chi connectivity index (χ1v) is 11.2. The second-order valence-electron chi connectivity index (χ2n) is 6.25. The van der Waals surface area contributed by atoms with E-state index in [1.807, 2.05) is 24.3 Å². The number of nitrogens with zero attached hydrogens (tertiary/aromatic N) is 2. The number of benzene rings is 3. The number of thiazole rings is 1. The zero-order chi connectivity index (χ0) is 20.0. The lowest BCUT2D eigenvalue weighted by atomic mass is 10.2. The SMILES string of the molecule is O=S(=O)(Nc1nc2cc(Cl)ccc2o1)c1ccc(-c2nc3ccccc3s2)cc1. The van der Waals surface area contributed by atoms with Crippen LogP contribution >= 0.6 is 22.9 Å². The minimum absolute atomic E-state index is 0.0997. The first kappa shape index (κ1) is 18.1. The van der Waals surface area contributed by atoms with Crippen molar-refractivity contribution in [3.05, 3.63) is 71.8 Å². The molecule has 0 saturated heterocycles. The van der Waals surface area contributed by atoms with Crippen molar-refractivity contribution in [2.24, 2.45) is 0 Å². The largest absolute Gasteiger partial charge is 0.423 e. The smallest absolute Gasteiger partial charge is 0.309 e. The summed E-state index contributed by atoms with van der Waals surface area (Å²) in [5.41, 5.74) is 2.68. The number of sulfonamides is 1. The number of nitrogens with one attached hydrogen (secondary N) is 1. The Balaban J connectivity index is 1.43. The van der Waals surface area contributed by atoms with Crippen molar-refractivity contribution >= 4 is 60.3 Å². The summed E-state index contributed by atoms with van der Waals surface area (Å²) in [6.45, 7) is 0. The average Bonchev–Trinajstić information content (AvgIpc) is 3.30. The Morgan fingerprint density at radius 3 is 2.52 bits per heavy atom. The number of halogens is 1. The number of aromatic nitrogens is 2. The van der Waals surface area contributed by atoms with Crippen LogP contribution in [0.3, 0.4) is 0 Å². The Morgan fingerprint density at radius 1 is 0.931 bits per heavy atom. The van der Waals surface area contributed by atoms with Gasteiger partial charge < -0.3 is 4.42 Å². The Morgan fingerprint density at radius 2 is 1.72 bits per heavy atom. The van der Waals surface area contributed by atoms with E-state index in [4.69, 9.17) is 16.0 Å². The van der Waals surface area contributed by atoms with Crippen LogP contribution in [0.15, 0.2) is 76.0 Å². The van der Waals surface area contributed by atoms with E-state index < -0.39 is 10.0 Å². The van der Waals surface area contributed by atoms with Gasteiger partial charge in [0, 0.05) is 10.6 Å². The van der Waals surface area contributed by atoms with Crippen molar-refractivity contribution < 1.29 is 12.8 Å². The monoisotopic (exact) mass is 441 g/mol. The number of oxazole rings is 1. The van der Waals surface area contributed by atoms with Crippen LogP contribution in [0.2, 0.25) is 5.02 Å². The Bertz CT molecular complexity index is 1420. The quantitative estimate of drug-likeness (QED) is 0.394. The fraction of sp³-hybridized carbons (Fsp3) is 0. The van der Waals surface area contributed by atoms with Crippen LogP contribution < -0.4 is 4.72 Å². The molecule has 0 aliphatic carbocycles. The fourth-order valence-corrected chi connectivity index (χ4v) is 4.96. The maximum atomic E-state index is 12.7. The molecule has 1 N–H and O–H groups in total. The molecule has 2 aromatic heterocycles. The Labute approximate surface area is 174 Å². The second kappa shape index (κ2) is 6.84. The molecule has 0 aliphatic heterocycles. The zero-order valence-electron chi connectivity index (χ0n) is 14.7. The molecule has 0 aliphatic rings. The molecule has 3 aromatic carbocycles. The molecular formula is C20H12ClN3O3S2. The molecule has 6 nitrogen and oxygen atoms in total. The van der Waals surface area contributed by atoms with Crippen LogP contribution in [0.25, 0.3) is 31.9 Å². The van der Waals surface area contributed by atoms with Gasteiger partial charge in [0.2, 0.25) is 0 Å². The van der Waals surface area contributed by atoms with Gasteiger partial charge in [0.15, 0.2) is 5.58 Å². The summed E-state index contributed by atoms with van der Waals surface area (Å²) in [6, 6.07) is 19.2. The van der Waals surface area contributed by atoms with Crippen molar-refractivity contribution in [1.82, 2.24) is 9.97 Å². The summed E-state index contributed by atoms with van der Waals surface area (Å²) in [5.74, 6) is 0. The van der Waals surface area contributed by atoms with Crippen LogP contribution in [-0.2, 0) is 10.0 Å². The van der Waals surface area contributed by atoms with Gasteiger partial charge in [-0.3, -0.25) is 0 Å². The highest BCUT2D eigenvalue weighted by atomic mass is 35.5. The normalized spacial score (nSPS) is 11.9. The third-order valence-corrected chi connectivity index (χ3v) is 6.93. The Hall–Kier alpha value is -2.94. The van der Waals surface area contributed by atoms with E-state index >= 15 is 0 Å². The van der Waals surface area contributed by atoms with Gasteiger partial charge in [-0.2, -0.15) is 4.98 Å². The molecule has 0 saturated carbocycles. The van der Waals surface area contributed by atoms with Crippen LogP contribution in [0, 0.1) is 0 Å². The average molecular weight is 442 g/mol. The molecule has 5 rings (SSSR count). The number of rotatable bonds is 4. The fourth-order valence-electron chi connectivity index (χ4n) is 2.89. The van der Waals surface area contributed by atoms with E-state index in [1.54, 1.807) is 41.7 Å². The van der Waals surface area contributed by atoms with Crippen LogP contribution in [0.1, 0.15) is 0 Å². The van der Waals surface area contributed by atoms with E-state index in [2.05, 4.69) is 14.7 Å². The van der Waals surface area contributed by atoms with Gasteiger partial charge in [-0.05, 0) is 42.5 Å². The van der Waals surface area contributed by atoms with Gasteiger partial charge in [0.1, 0.15) is 10.5 Å². The predicted octanol–water partition coefficient (Wildman–Crippen LogP) is 5.56. The van der Waals surface area contributed by atoms with Crippen LogP contribution in [0.5, 0.6) is 0 Å². The third kappa shape index (κ3) is 3.46. The van der Waals surface area contributed by atoms with Gasteiger partial charge in [-0.1, -0.05) is 35.9 Å². The minimum atomic E-state index is -3.85. The molecule has 0 unspecified atom stereocenters. The summed E-state index contributed by atoms with van der Waals surface area (Å²) < 4.78 is 34.2. The molecule has 9 heteroatoms. The molecule has 0 amide bonds. The number of para-hydroxylation sites is 1. The maximum absolute atomic E-state index is 12.7. The number of hydrogen-bond donors (Lipinski definition) is 1. The molecule has 29 heavy (non-hydrogen) atoms. The summed E-state index contributed by atoms with van der Waals surface area (Å²) in [6.07, 6.45) is 0. The highest BCUT2D eigenvalue weighted by Crippen LogP contribution is 2.31. The molecule has 0 spiro atoms. The highest BCUT2D eigenvalue weighted by Gasteiger charge is 2.18. The highest BCUT2D eigenvalue weighted by molar-refractivity contribution is 7.92. The molecule has 0 atom stereocenters. The first-order chi connectivity index (χ1) is 14.0. The number of hydrogen-bond acceptors (Lipinski definition) is 6. The number of fused-ring (bicyclic) bond motifs is 2. The summed E-state index contributed by atoms with van der Waals surface area (Å²) in [7, 11) is -3.85. The molecule has 5 aromatic rings. The van der Waals surface area contributed by atoms with Crippen molar-refractivity contribution in [2.45, 2.75) is 4.90 Å². The first-order valence-electron chi connectivity index (χ1n) is 8.53. The maximum Gasteiger partial charge on any atom is 0.309 e. The molecule has 2 heterocycles. The van der Waals surface area contributed by atoms with Crippen molar-refractivity contribution in [1.29, 1.82) is 0 Å². The second-order valence-corrected chi connectivity index (χ2v) is 9.40. The van der Waals surface area contributed by atoms with E-state index in [0.717, 1.165) is 20.8 Å². The lowest BCUT2D eigenvalue weighted by Gasteiger charge is -2.05. The van der Waals surface area contributed by atoms with Crippen LogP contribution in [-0.4, -0.2) is 18.4 Å². The molecule has 0 radical (unpaired) electrons. The van der Waals surface area contributed by atoms with E-state index in [-0.39, 0.29) is 10.9 Å². The Kier molecular flexibility index (Phi) is 4.27. The van der Waals surface area contributed by atoms with E-state index in [0.29, 0.717) is 16.1 Å². The lowest BCUT2D eigenvalue weighted by Crippen LogP contribution is -2.13. The van der Waals surface area contributed by atoms with Gasteiger partial charge in [-0.15, -0.1) is 11.3 Å². The summed E-state index contributed by atoms with van der Waals surface area (Å²) in [5, 5.41) is 1.32. The molecular weight excluding hydrogens is 430 g/mol. The van der Waals surface area contributed by atoms with E-state index in [9.17, 15) is 8.42 Å². The summed E-state index contributed by atoms with van der Waals surface area (Å²) in [4.78, 5) is 8.82. The molecule has 144 valence electrons. The topological polar surface area (TPSA) is 85.1 Å². The third-order valence-electron chi connectivity index (χ3n) is 4.28. The zero-order valence-corrected chi connectivity index (χ0v) is 17.1. The summed E-state index contributed by atoms with van der Waals surface area (Å²) >= 11 is 7.48. The van der Waals surface area contributed by atoms with Crippen molar-refractivity contribution in [3.63, 3.8) is 0 Å². The molecule has 0 fully saturated rings. The van der Waals surface area contributed by atoms with Crippen LogP contribution in [0.4, 0.5) is 6.01 Å². The van der Waals surface area contributed by atoms with Crippen molar-refractivity contribution in [2.75, 3.05) is 4.72 Å². The molecule has 0 bridgehead atoms. The number of anilines is 1. The van der Waals surface area contributed by atoms with Gasteiger partial charge >= 0.3 is 6.01 Å². The van der Waals surface area contributed by atoms with Gasteiger partial charge in [0.05, 0.1) is 15.1 Å². The van der Waals surface area contributed by atoms with Gasteiger partial charge in [-0.25, -0.2) is 18.1 Å². The lowest BCUT2D eigenvalue weighted by molar-refractivity contribution is 0.591. The standard InChI is InChI=1S/C20H12ClN3O3S2/c21-13-7-10-17-16(11-13)23-20(27-17)24-29(25,26)14-8-5-12(6-9-14)19-22-15-3-1-2-4-18(15)28-19/h1-11H,(H,23,24). The predicted molar refractivity (Wildman–Crippen MR) is 115 cm³/mol. The van der Waals surface area contributed by atoms with Crippen molar-refractivity contribution in [3.8, 4) is 10.6 Å².